The van der Waals surface area contributed by atoms with Gasteiger partial charge in [0.05, 0.1) is 12.1 Å². The van der Waals surface area contributed by atoms with Crippen LogP contribution in [0.1, 0.15) is 17.4 Å². The lowest BCUT2D eigenvalue weighted by Gasteiger charge is -2.03. The number of pyridine rings is 1. The number of esters is 1. The van der Waals surface area contributed by atoms with Crippen molar-refractivity contribution in [1.29, 1.82) is 0 Å². The summed E-state index contributed by atoms with van der Waals surface area (Å²) in [6.45, 7) is 2.13. The molecule has 0 spiro atoms. The van der Waals surface area contributed by atoms with Crippen LogP contribution in [0.3, 0.4) is 0 Å². The van der Waals surface area contributed by atoms with E-state index in [1.54, 1.807) is 17.5 Å². The molecule has 4 heteroatoms. The quantitative estimate of drug-likeness (QED) is 0.684. The number of fused-ring (bicyclic) bond motifs is 1. The van der Waals surface area contributed by atoms with Gasteiger partial charge in [0, 0.05) is 11.8 Å². The number of carbonyl (C=O) groups is 1. The van der Waals surface area contributed by atoms with Gasteiger partial charge in [0.2, 0.25) is 0 Å². The van der Waals surface area contributed by atoms with Crippen molar-refractivity contribution in [3.05, 3.63) is 60.4 Å². The topological polar surface area (TPSA) is 43.6 Å². The Hall–Kier alpha value is -2.62. The predicted octanol–water partition coefficient (Wildman–Crippen LogP) is 3.18. The van der Waals surface area contributed by atoms with Crippen LogP contribution in [0.2, 0.25) is 0 Å². The van der Waals surface area contributed by atoms with E-state index < -0.39 is 5.97 Å². The molecular formula is C16H14N2O2. The molecule has 0 N–H and O–H groups in total. The molecule has 3 rings (SSSR count). The Balaban J connectivity index is 2.13. The number of nitrogens with zero attached hydrogens (tertiary/aromatic N) is 2. The summed E-state index contributed by atoms with van der Waals surface area (Å²) in [4.78, 5) is 11.8. The third kappa shape index (κ3) is 2.16. The maximum atomic E-state index is 11.8. The average molecular weight is 266 g/mol. The number of aromatic nitrogens is 2. The van der Waals surface area contributed by atoms with Gasteiger partial charge in [0.15, 0.2) is 5.69 Å². The summed E-state index contributed by atoms with van der Waals surface area (Å²) < 4.78 is 6.69. The second kappa shape index (κ2) is 5.17. The van der Waals surface area contributed by atoms with Crippen LogP contribution in [-0.4, -0.2) is 22.2 Å². The zero-order valence-electron chi connectivity index (χ0n) is 11.1. The van der Waals surface area contributed by atoms with Gasteiger partial charge in [-0.25, -0.2) is 9.31 Å². The van der Waals surface area contributed by atoms with Gasteiger partial charge in [0.1, 0.15) is 0 Å². The summed E-state index contributed by atoms with van der Waals surface area (Å²) in [7, 11) is 0. The summed E-state index contributed by atoms with van der Waals surface area (Å²) in [5.41, 5.74) is 3.35. The molecule has 0 unspecified atom stereocenters. The lowest BCUT2D eigenvalue weighted by molar-refractivity contribution is 0.0519. The molecule has 0 radical (unpaired) electrons. The molecule has 0 amide bonds. The number of benzene rings is 1. The minimum Gasteiger partial charge on any atom is -0.461 e. The molecule has 2 aromatic heterocycles. The summed E-state index contributed by atoms with van der Waals surface area (Å²) in [6.07, 6.45) is 1.82. The molecule has 4 nitrogen and oxygen atoms in total. The smallest absolute Gasteiger partial charge is 0.358 e. The van der Waals surface area contributed by atoms with Crippen LogP contribution in [0.5, 0.6) is 0 Å². The molecule has 0 saturated heterocycles. The van der Waals surface area contributed by atoms with E-state index in [0.717, 1.165) is 16.6 Å². The van der Waals surface area contributed by atoms with E-state index in [0.29, 0.717) is 12.3 Å². The Bertz CT molecular complexity index is 748. The van der Waals surface area contributed by atoms with E-state index in [-0.39, 0.29) is 0 Å². The first-order chi connectivity index (χ1) is 9.79. The van der Waals surface area contributed by atoms with Crippen molar-refractivity contribution < 1.29 is 9.53 Å². The van der Waals surface area contributed by atoms with Gasteiger partial charge in [-0.1, -0.05) is 36.4 Å². The van der Waals surface area contributed by atoms with Crippen LogP contribution in [0.4, 0.5) is 0 Å². The first-order valence-electron chi connectivity index (χ1n) is 6.50. The van der Waals surface area contributed by atoms with Crippen molar-refractivity contribution in [1.82, 2.24) is 9.61 Å². The molecule has 0 fully saturated rings. The van der Waals surface area contributed by atoms with Gasteiger partial charge in [0.25, 0.3) is 0 Å². The largest absolute Gasteiger partial charge is 0.461 e. The molecule has 100 valence electrons. The minimum absolute atomic E-state index is 0.329. The molecule has 0 aliphatic rings. The average Bonchev–Trinajstić information content (AvgIpc) is 2.92. The van der Waals surface area contributed by atoms with Gasteiger partial charge < -0.3 is 4.74 Å². The van der Waals surface area contributed by atoms with Crippen LogP contribution in [0, 0.1) is 0 Å². The van der Waals surface area contributed by atoms with Gasteiger partial charge >= 0.3 is 5.97 Å². The Kier molecular flexibility index (Phi) is 3.21. The molecule has 0 atom stereocenters. The van der Waals surface area contributed by atoms with Crippen molar-refractivity contribution in [3.8, 4) is 11.1 Å². The predicted molar refractivity (Wildman–Crippen MR) is 76.6 cm³/mol. The fraction of sp³-hybridized carbons (Fsp3) is 0.125. The van der Waals surface area contributed by atoms with Crippen molar-refractivity contribution in [2.75, 3.05) is 6.61 Å². The molecule has 3 aromatic rings. The third-order valence-corrected chi connectivity index (χ3v) is 3.07. The van der Waals surface area contributed by atoms with Crippen LogP contribution in [0.15, 0.2) is 54.7 Å². The van der Waals surface area contributed by atoms with E-state index in [1.165, 1.54) is 0 Å². The maximum Gasteiger partial charge on any atom is 0.358 e. The second-order valence-electron chi connectivity index (χ2n) is 4.37. The van der Waals surface area contributed by atoms with Crippen LogP contribution >= 0.6 is 0 Å². The van der Waals surface area contributed by atoms with Gasteiger partial charge in [-0.2, -0.15) is 5.10 Å². The van der Waals surface area contributed by atoms with Crippen molar-refractivity contribution in [3.63, 3.8) is 0 Å². The second-order valence-corrected chi connectivity index (χ2v) is 4.37. The number of rotatable bonds is 3. The monoisotopic (exact) mass is 266 g/mol. The summed E-state index contributed by atoms with van der Waals surface area (Å²) in [5.74, 6) is -0.393. The molecule has 0 saturated carbocycles. The van der Waals surface area contributed by atoms with E-state index in [1.807, 2.05) is 48.7 Å². The zero-order valence-corrected chi connectivity index (χ0v) is 11.1. The maximum absolute atomic E-state index is 11.8. The van der Waals surface area contributed by atoms with Crippen LogP contribution in [-0.2, 0) is 4.74 Å². The highest BCUT2D eigenvalue weighted by atomic mass is 16.5. The number of hydrogen-bond donors (Lipinski definition) is 0. The molecule has 1 aromatic carbocycles. The Morgan fingerprint density at radius 2 is 2.00 bits per heavy atom. The minimum atomic E-state index is -0.393. The Labute approximate surface area is 116 Å². The molecule has 0 aliphatic carbocycles. The molecular weight excluding hydrogens is 252 g/mol. The van der Waals surface area contributed by atoms with Gasteiger partial charge in [-0.15, -0.1) is 0 Å². The van der Waals surface area contributed by atoms with E-state index in [4.69, 9.17) is 4.74 Å². The first-order valence-corrected chi connectivity index (χ1v) is 6.50. The SMILES string of the molecule is CCOC(=O)c1cc2c(-c3ccccc3)cccn2n1. The first kappa shape index (κ1) is 12.4. The highest BCUT2D eigenvalue weighted by Gasteiger charge is 2.14. The molecule has 2 heterocycles. The lowest BCUT2D eigenvalue weighted by atomic mass is 10.1. The third-order valence-electron chi connectivity index (χ3n) is 3.07. The lowest BCUT2D eigenvalue weighted by Crippen LogP contribution is -2.05. The fourth-order valence-electron chi connectivity index (χ4n) is 2.18. The summed E-state index contributed by atoms with van der Waals surface area (Å²) >= 11 is 0. The summed E-state index contributed by atoms with van der Waals surface area (Å²) in [5, 5.41) is 4.26. The highest BCUT2D eigenvalue weighted by molar-refractivity contribution is 5.91. The van der Waals surface area contributed by atoms with Crippen molar-refractivity contribution >= 4 is 11.5 Å². The normalized spacial score (nSPS) is 10.7. The number of carbonyl (C=O) groups excluding carboxylic acids is 1. The van der Waals surface area contributed by atoms with E-state index in [2.05, 4.69) is 5.10 Å². The van der Waals surface area contributed by atoms with Crippen LogP contribution in [0.25, 0.3) is 16.6 Å². The summed E-state index contributed by atoms with van der Waals surface area (Å²) in [6, 6.07) is 15.7. The van der Waals surface area contributed by atoms with E-state index >= 15 is 0 Å². The zero-order chi connectivity index (χ0) is 13.9. The number of hydrogen-bond acceptors (Lipinski definition) is 3. The highest BCUT2D eigenvalue weighted by Crippen LogP contribution is 2.24. The van der Waals surface area contributed by atoms with E-state index in [9.17, 15) is 4.79 Å². The van der Waals surface area contributed by atoms with Gasteiger partial charge in [-0.05, 0) is 24.6 Å². The Morgan fingerprint density at radius 1 is 1.20 bits per heavy atom. The van der Waals surface area contributed by atoms with Crippen molar-refractivity contribution in [2.45, 2.75) is 6.92 Å². The molecule has 0 aliphatic heterocycles. The van der Waals surface area contributed by atoms with Crippen molar-refractivity contribution in [2.24, 2.45) is 0 Å². The standard InChI is InChI=1S/C16H14N2O2/c1-2-20-16(19)14-11-15-13(9-6-10-18(15)17-14)12-7-4-3-5-8-12/h3-11H,2H2,1H3. The number of ether oxygens (including phenoxy) is 1. The Morgan fingerprint density at radius 3 is 2.75 bits per heavy atom. The van der Waals surface area contributed by atoms with Crippen LogP contribution < -0.4 is 0 Å². The van der Waals surface area contributed by atoms with Gasteiger partial charge in [-0.3, -0.25) is 0 Å². The molecule has 20 heavy (non-hydrogen) atoms. The molecule has 0 bridgehead atoms. The fourth-order valence-corrected chi connectivity index (χ4v) is 2.18.